The van der Waals surface area contributed by atoms with Crippen LogP contribution in [0.25, 0.3) is 0 Å². The fourth-order valence-corrected chi connectivity index (χ4v) is 3.95. The van der Waals surface area contributed by atoms with Gasteiger partial charge >= 0.3 is 0 Å². The van der Waals surface area contributed by atoms with Gasteiger partial charge in [-0.05, 0) is 24.2 Å². The molecule has 4 nitrogen and oxygen atoms in total. The maximum absolute atomic E-state index is 11.6. The van der Waals surface area contributed by atoms with Gasteiger partial charge < -0.3 is 15.3 Å². The Morgan fingerprint density at radius 2 is 2.00 bits per heavy atom. The second-order valence-corrected chi connectivity index (χ2v) is 6.92. The van der Waals surface area contributed by atoms with Crippen LogP contribution in [0.5, 0.6) is 0 Å². The van der Waals surface area contributed by atoms with E-state index in [1.807, 2.05) is 0 Å². The summed E-state index contributed by atoms with van der Waals surface area (Å²) in [5.74, 6) is 0.528. The second kappa shape index (κ2) is 4.20. The van der Waals surface area contributed by atoms with Crippen molar-refractivity contribution in [3.8, 4) is 0 Å². The first kappa shape index (κ1) is 13.8. The highest BCUT2D eigenvalue weighted by Gasteiger charge is 2.65. The number of rotatable bonds is 3. The van der Waals surface area contributed by atoms with Crippen LogP contribution in [0.3, 0.4) is 0 Å². The molecule has 104 valence electrons. The third kappa shape index (κ3) is 1.69. The van der Waals surface area contributed by atoms with Crippen molar-refractivity contribution in [3.63, 3.8) is 0 Å². The minimum absolute atomic E-state index is 0.0174. The summed E-state index contributed by atoms with van der Waals surface area (Å²) < 4.78 is 0. The Balaban J connectivity index is 2.06. The molecule has 4 unspecified atom stereocenters. The van der Waals surface area contributed by atoms with Crippen LogP contribution in [-0.2, 0) is 4.79 Å². The van der Waals surface area contributed by atoms with Gasteiger partial charge in [-0.3, -0.25) is 4.79 Å². The summed E-state index contributed by atoms with van der Waals surface area (Å²) in [6.07, 6.45) is 1.89. The van der Waals surface area contributed by atoms with Gasteiger partial charge in [0.15, 0.2) is 0 Å². The van der Waals surface area contributed by atoms with E-state index in [2.05, 4.69) is 26.1 Å². The molecule has 0 saturated heterocycles. The fraction of sp³-hybridized carbons (Fsp3) is 0.929. The van der Waals surface area contributed by atoms with Crippen LogP contribution >= 0.6 is 0 Å². The Hall–Kier alpha value is -0.610. The topological polar surface area (TPSA) is 52.6 Å². The molecule has 0 aromatic rings. The van der Waals surface area contributed by atoms with Gasteiger partial charge in [-0.1, -0.05) is 20.8 Å². The lowest BCUT2D eigenvalue weighted by Gasteiger charge is -2.37. The third-order valence-corrected chi connectivity index (χ3v) is 5.79. The van der Waals surface area contributed by atoms with Crippen molar-refractivity contribution in [1.82, 2.24) is 10.2 Å². The molecule has 2 rings (SSSR count). The van der Waals surface area contributed by atoms with Crippen molar-refractivity contribution in [2.45, 2.75) is 45.8 Å². The van der Waals surface area contributed by atoms with Crippen molar-refractivity contribution >= 4 is 5.91 Å². The van der Waals surface area contributed by atoms with Crippen molar-refractivity contribution in [3.05, 3.63) is 0 Å². The van der Waals surface area contributed by atoms with Gasteiger partial charge in [0.1, 0.15) is 0 Å². The molecule has 2 aliphatic rings. The third-order valence-electron chi connectivity index (χ3n) is 5.79. The molecule has 0 aromatic carbocycles. The van der Waals surface area contributed by atoms with E-state index in [1.54, 1.807) is 19.0 Å². The maximum Gasteiger partial charge on any atom is 0.236 e. The van der Waals surface area contributed by atoms with E-state index in [0.29, 0.717) is 12.5 Å². The Bertz CT molecular complexity index is 354. The molecular weight excluding hydrogens is 228 g/mol. The molecule has 0 heterocycles. The number of fused-ring (bicyclic) bond motifs is 2. The molecule has 2 saturated carbocycles. The lowest BCUT2D eigenvalue weighted by atomic mass is 9.70. The van der Waals surface area contributed by atoms with Crippen LogP contribution < -0.4 is 5.32 Å². The number of hydrogen-bond donors (Lipinski definition) is 2. The van der Waals surface area contributed by atoms with E-state index < -0.39 is 0 Å². The molecule has 18 heavy (non-hydrogen) atoms. The van der Waals surface area contributed by atoms with Crippen molar-refractivity contribution in [2.75, 3.05) is 20.6 Å². The SMILES string of the molecule is CN(C)C(=O)CNC1C2CCC(C)(C1O)C2(C)C. The summed E-state index contributed by atoms with van der Waals surface area (Å²) in [5, 5.41) is 13.8. The maximum atomic E-state index is 11.6. The quantitative estimate of drug-likeness (QED) is 0.785. The number of carbonyl (C=O) groups is 1. The first-order chi connectivity index (χ1) is 8.22. The van der Waals surface area contributed by atoms with Crippen LogP contribution in [0.1, 0.15) is 33.6 Å². The van der Waals surface area contributed by atoms with Crippen LogP contribution in [0.15, 0.2) is 0 Å². The molecule has 0 radical (unpaired) electrons. The largest absolute Gasteiger partial charge is 0.391 e. The fourth-order valence-electron chi connectivity index (χ4n) is 3.95. The average Bonchev–Trinajstić information content (AvgIpc) is 2.58. The summed E-state index contributed by atoms with van der Waals surface area (Å²) >= 11 is 0. The van der Waals surface area contributed by atoms with E-state index in [9.17, 15) is 9.90 Å². The minimum Gasteiger partial charge on any atom is -0.391 e. The number of aliphatic hydroxyl groups is 1. The molecule has 2 fully saturated rings. The monoisotopic (exact) mass is 254 g/mol. The predicted molar refractivity (Wildman–Crippen MR) is 71.1 cm³/mol. The zero-order chi connectivity index (χ0) is 13.7. The summed E-state index contributed by atoms with van der Waals surface area (Å²) in [6.45, 7) is 7.01. The number of likely N-dealkylation sites (N-methyl/N-ethyl adjacent to an activating group) is 1. The van der Waals surface area contributed by atoms with Gasteiger partial charge in [-0.15, -0.1) is 0 Å². The molecular formula is C14H26N2O2. The van der Waals surface area contributed by atoms with E-state index in [4.69, 9.17) is 0 Å². The van der Waals surface area contributed by atoms with Gasteiger partial charge in [-0.2, -0.15) is 0 Å². The van der Waals surface area contributed by atoms with E-state index in [-0.39, 0.29) is 28.9 Å². The molecule has 0 spiro atoms. The molecule has 1 amide bonds. The smallest absolute Gasteiger partial charge is 0.236 e. The number of carbonyl (C=O) groups excluding carboxylic acids is 1. The summed E-state index contributed by atoms with van der Waals surface area (Å²) in [5.41, 5.74) is 0.127. The minimum atomic E-state index is -0.346. The van der Waals surface area contributed by atoms with Crippen LogP contribution in [0, 0.1) is 16.7 Å². The molecule has 0 aromatic heterocycles. The van der Waals surface area contributed by atoms with E-state index in [1.165, 1.54) is 0 Å². The molecule has 2 aliphatic carbocycles. The van der Waals surface area contributed by atoms with Crippen LogP contribution in [0.4, 0.5) is 0 Å². The first-order valence-corrected chi connectivity index (χ1v) is 6.83. The average molecular weight is 254 g/mol. The lowest BCUT2D eigenvalue weighted by molar-refractivity contribution is -0.128. The molecule has 0 aliphatic heterocycles. The highest BCUT2D eigenvalue weighted by molar-refractivity contribution is 5.77. The highest BCUT2D eigenvalue weighted by atomic mass is 16.3. The van der Waals surface area contributed by atoms with Gasteiger partial charge in [0.05, 0.1) is 12.6 Å². The number of hydrogen-bond acceptors (Lipinski definition) is 3. The van der Waals surface area contributed by atoms with Crippen molar-refractivity contribution < 1.29 is 9.90 Å². The standard InChI is InChI=1S/C14H26N2O2/c1-13(2)9-6-7-14(13,3)12(18)11(9)15-8-10(17)16(4)5/h9,11-12,15,18H,6-8H2,1-5H3. The van der Waals surface area contributed by atoms with Crippen LogP contribution in [-0.4, -0.2) is 48.7 Å². The van der Waals surface area contributed by atoms with Gasteiger partial charge in [0.2, 0.25) is 5.91 Å². The zero-order valence-electron chi connectivity index (χ0n) is 12.2. The number of nitrogens with zero attached hydrogens (tertiary/aromatic N) is 1. The Kier molecular flexibility index (Phi) is 3.23. The number of nitrogens with one attached hydrogen (secondary N) is 1. The number of aliphatic hydroxyl groups excluding tert-OH is 1. The molecule has 2 bridgehead atoms. The molecule has 4 atom stereocenters. The lowest BCUT2D eigenvalue weighted by Crippen LogP contribution is -2.49. The molecule has 4 heteroatoms. The summed E-state index contributed by atoms with van der Waals surface area (Å²) in [6, 6.07) is 0.0580. The summed E-state index contributed by atoms with van der Waals surface area (Å²) in [7, 11) is 3.51. The van der Waals surface area contributed by atoms with Crippen LogP contribution in [0.2, 0.25) is 0 Å². The van der Waals surface area contributed by atoms with E-state index in [0.717, 1.165) is 12.8 Å². The highest BCUT2D eigenvalue weighted by Crippen LogP contribution is 2.65. The van der Waals surface area contributed by atoms with Crippen molar-refractivity contribution in [1.29, 1.82) is 0 Å². The Labute approximate surface area is 110 Å². The Morgan fingerprint density at radius 3 is 2.44 bits per heavy atom. The van der Waals surface area contributed by atoms with E-state index >= 15 is 0 Å². The zero-order valence-corrected chi connectivity index (χ0v) is 12.2. The Morgan fingerprint density at radius 1 is 1.39 bits per heavy atom. The molecule has 2 N–H and O–H groups in total. The summed E-state index contributed by atoms with van der Waals surface area (Å²) in [4.78, 5) is 13.2. The van der Waals surface area contributed by atoms with Gasteiger partial charge in [-0.25, -0.2) is 0 Å². The first-order valence-electron chi connectivity index (χ1n) is 6.83. The predicted octanol–water partition coefficient (Wildman–Crippen LogP) is 0.850. The van der Waals surface area contributed by atoms with Crippen molar-refractivity contribution in [2.24, 2.45) is 16.7 Å². The normalized spacial score (nSPS) is 41.1. The van der Waals surface area contributed by atoms with Gasteiger partial charge in [0, 0.05) is 25.6 Å². The number of amides is 1. The van der Waals surface area contributed by atoms with Gasteiger partial charge in [0.25, 0.3) is 0 Å². The second-order valence-electron chi connectivity index (χ2n) is 6.92.